The zero-order chi connectivity index (χ0) is 22.8. The molecular formula is C22H25ClN4O4. The van der Waals surface area contributed by atoms with E-state index in [0.29, 0.717) is 28.5 Å². The van der Waals surface area contributed by atoms with Crippen LogP contribution in [0.1, 0.15) is 43.7 Å². The molecule has 9 heteroatoms. The van der Waals surface area contributed by atoms with E-state index in [1.807, 2.05) is 0 Å². The van der Waals surface area contributed by atoms with E-state index < -0.39 is 17.7 Å². The minimum absolute atomic E-state index is 0.222. The first-order chi connectivity index (χ1) is 14.6. The summed E-state index contributed by atoms with van der Waals surface area (Å²) in [4.78, 5) is 28.9. The van der Waals surface area contributed by atoms with Crippen LogP contribution in [0.15, 0.2) is 36.5 Å². The molecule has 164 valence electrons. The third-order valence-electron chi connectivity index (χ3n) is 4.33. The summed E-state index contributed by atoms with van der Waals surface area (Å²) >= 11 is 6.13. The molecule has 31 heavy (non-hydrogen) atoms. The molecule has 0 bridgehead atoms. The quantitative estimate of drug-likeness (QED) is 0.545. The van der Waals surface area contributed by atoms with Gasteiger partial charge in [0.05, 0.1) is 17.8 Å². The van der Waals surface area contributed by atoms with Gasteiger partial charge in [-0.2, -0.15) is 0 Å². The predicted octanol–water partition coefficient (Wildman–Crippen LogP) is 4.84. The Bertz CT molecular complexity index is 1130. The second-order valence-electron chi connectivity index (χ2n) is 7.91. The molecule has 0 atom stereocenters. The standard InChI is InChI=1S/C22H25ClN4O4/c1-5-30-20(28)19-18(24)15-11-14(23)6-7-16(15)27(19)12-13-8-9-25-17(10-13)26-21(29)31-22(2,3)4/h6-11H,5,12,24H2,1-4H3,(H,25,26,29). The van der Waals surface area contributed by atoms with Crippen LogP contribution < -0.4 is 11.1 Å². The Morgan fingerprint density at radius 2 is 1.97 bits per heavy atom. The molecule has 0 aliphatic heterocycles. The number of pyridine rings is 1. The SMILES string of the molecule is CCOC(=O)c1c(N)c2cc(Cl)ccc2n1Cc1ccnc(NC(=O)OC(C)(C)C)c1. The molecule has 0 saturated heterocycles. The van der Waals surface area contributed by atoms with Gasteiger partial charge in [-0.1, -0.05) is 11.6 Å². The van der Waals surface area contributed by atoms with Crippen molar-refractivity contribution >= 4 is 46.1 Å². The van der Waals surface area contributed by atoms with Gasteiger partial charge in [-0.05, 0) is 63.6 Å². The summed E-state index contributed by atoms with van der Waals surface area (Å²) in [6.07, 6.45) is 0.965. The van der Waals surface area contributed by atoms with Crippen molar-refractivity contribution in [3.8, 4) is 0 Å². The summed E-state index contributed by atoms with van der Waals surface area (Å²) in [7, 11) is 0. The van der Waals surface area contributed by atoms with Crippen LogP contribution in [0.3, 0.4) is 0 Å². The molecule has 8 nitrogen and oxygen atoms in total. The first-order valence-electron chi connectivity index (χ1n) is 9.78. The number of nitrogens with zero attached hydrogens (tertiary/aromatic N) is 2. The van der Waals surface area contributed by atoms with Gasteiger partial charge < -0.3 is 19.8 Å². The number of ether oxygens (including phenoxy) is 2. The number of esters is 1. The van der Waals surface area contributed by atoms with Crippen molar-refractivity contribution in [2.24, 2.45) is 0 Å². The molecule has 1 aromatic carbocycles. The van der Waals surface area contributed by atoms with Crippen LogP contribution in [-0.4, -0.2) is 33.8 Å². The average molecular weight is 445 g/mol. The van der Waals surface area contributed by atoms with Crippen LogP contribution in [0.5, 0.6) is 0 Å². The van der Waals surface area contributed by atoms with Crippen molar-refractivity contribution in [1.82, 2.24) is 9.55 Å². The minimum atomic E-state index is -0.626. The fourth-order valence-corrected chi connectivity index (χ4v) is 3.34. The van der Waals surface area contributed by atoms with E-state index >= 15 is 0 Å². The molecule has 2 aromatic heterocycles. The number of rotatable bonds is 5. The van der Waals surface area contributed by atoms with Crippen molar-refractivity contribution < 1.29 is 19.1 Å². The summed E-state index contributed by atoms with van der Waals surface area (Å²) in [5.74, 6) is -0.189. The highest BCUT2D eigenvalue weighted by atomic mass is 35.5. The van der Waals surface area contributed by atoms with Crippen molar-refractivity contribution in [1.29, 1.82) is 0 Å². The Morgan fingerprint density at radius 3 is 2.65 bits per heavy atom. The molecule has 0 saturated carbocycles. The van der Waals surface area contributed by atoms with Crippen molar-refractivity contribution in [2.75, 3.05) is 17.7 Å². The number of carbonyl (C=O) groups is 2. The van der Waals surface area contributed by atoms with Crippen LogP contribution in [-0.2, 0) is 16.0 Å². The molecule has 0 unspecified atom stereocenters. The summed E-state index contributed by atoms with van der Waals surface area (Å²) in [6.45, 7) is 7.59. The summed E-state index contributed by atoms with van der Waals surface area (Å²) in [5.41, 5.74) is 7.74. The van der Waals surface area contributed by atoms with Gasteiger partial charge in [0, 0.05) is 23.2 Å². The Kier molecular flexibility index (Phi) is 6.40. The lowest BCUT2D eigenvalue weighted by Crippen LogP contribution is -2.27. The van der Waals surface area contributed by atoms with Gasteiger partial charge in [0.25, 0.3) is 0 Å². The molecule has 1 amide bonds. The number of nitrogen functional groups attached to an aromatic ring is 1. The second kappa shape index (κ2) is 8.85. The highest BCUT2D eigenvalue weighted by molar-refractivity contribution is 6.31. The van der Waals surface area contributed by atoms with Crippen molar-refractivity contribution in [3.05, 3.63) is 52.8 Å². The van der Waals surface area contributed by atoms with Gasteiger partial charge in [0.15, 0.2) is 5.69 Å². The molecule has 0 fully saturated rings. The summed E-state index contributed by atoms with van der Waals surface area (Å²) in [5, 5.41) is 3.79. The van der Waals surface area contributed by atoms with Crippen LogP contribution in [0.4, 0.5) is 16.3 Å². The number of amides is 1. The molecule has 0 aliphatic rings. The number of aromatic nitrogens is 2. The Balaban J connectivity index is 1.97. The number of anilines is 2. The largest absolute Gasteiger partial charge is 0.461 e. The number of benzene rings is 1. The van der Waals surface area contributed by atoms with Gasteiger partial charge in [0.1, 0.15) is 11.4 Å². The molecule has 0 radical (unpaired) electrons. The number of nitrogens with one attached hydrogen (secondary N) is 1. The highest BCUT2D eigenvalue weighted by Crippen LogP contribution is 2.32. The zero-order valence-corrected chi connectivity index (χ0v) is 18.6. The molecule has 0 aliphatic carbocycles. The van der Waals surface area contributed by atoms with Crippen LogP contribution in [0.2, 0.25) is 5.02 Å². The summed E-state index contributed by atoms with van der Waals surface area (Å²) in [6, 6.07) is 8.74. The van der Waals surface area contributed by atoms with Gasteiger partial charge in [-0.3, -0.25) is 5.32 Å². The number of nitrogens with two attached hydrogens (primary N) is 1. The summed E-state index contributed by atoms with van der Waals surface area (Å²) < 4.78 is 12.2. The van der Waals surface area contributed by atoms with Crippen molar-refractivity contribution in [2.45, 2.75) is 39.8 Å². The third kappa shape index (κ3) is 5.27. The van der Waals surface area contributed by atoms with E-state index in [1.54, 1.807) is 68.8 Å². The average Bonchev–Trinajstić information content (AvgIpc) is 2.92. The van der Waals surface area contributed by atoms with E-state index in [0.717, 1.165) is 11.1 Å². The Morgan fingerprint density at radius 1 is 1.23 bits per heavy atom. The minimum Gasteiger partial charge on any atom is -0.461 e. The molecule has 3 N–H and O–H groups in total. The van der Waals surface area contributed by atoms with Gasteiger partial charge in [-0.25, -0.2) is 14.6 Å². The maximum Gasteiger partial charge on any atom is 0.413 e. The van der Waals surface area contributed by atoms with Crippen LogP contribution in [0, 0.1) is 0 Å². The number of hydrogen-bond acceptors (Lipinski definition) is 6. The lowest BCUT2D eigenvalue weighted by atomic mass is 10.2. The third-order valence-corrected chi connectivity index (χ3v) is 4.56. The van der Waals surface area contributed by atoms with Gasteiger partial charge in [-0.15, -0.1) is 0 Å². The molecule has 0 spiro atoms. The first-order valence-corrected chi connectivity index (χ1v) is 10.2. The number of fused-ring (bicyclic) bond motifs is 1. The van der Waals surface area contributed by atoms with Crippen molar-refractivity contribution in [3.63, 3.8) is 0 Å². The van der Waals surface area contributed by atoms with E-state index in [9.17, 15) is 9.59 Å². The van der Waals surface area contributed by atoms with Gasteiger partial charge >= 0.3 is 12.1 Å². The maximum absolute atomic E-state index is 12.6. The smallest absolute Gasteiger partial charge is 0.413 e. The molecule has 2 heterocycles. The van der Waals surface area contributed by atoms with Crippen LogP contribution >= 0.6 is 11.6 Å². The Labute approximate surface area is 185 Å². The number of hydrogen-bond donors (Lipinski definition) is 2. The first kappa shape index (κ1) is 22.4. The topological polar surface area (TPSA) is 108 Å². The zero-order valence-electron chi connectivity index (χ0n) is 17.9. The second-order valence-corrected chi connectivity index (χ2v) is 8.34. The van der Waals surface area contributed by atoms with E-state index in [4.69, 9.17) is 26.8 Å². The number of halogens is 1. The Hall–Kier alpha value is -3.26. The monoisotopic (exact) mass is 444 g/mol. The fourth-order valence-electron chi connectivity index (χ4n) is 3.17. The lowest BCUT2D eigenvalue weighted by Gasteiger charge is -2.19. The van der Waals surface area contributed by atoms with E-state index in [-0.39, 0.29) is 12.3 Å². The molecule has 3 rings (SSSR count). The van der Waals surface area contributed by atoms with E-state index in [2.05, 4.69) is 10.3 Å². The predicted molar refractivity (Wildman–Crippen MR) is 121 cm³/mol. The molecule has 3 aromatic rings. The highest BCUT2D eigenvalue weighted by Gasteiger charge is 2.23. The fraction of sp³-hybridized carbons (Fsp3) is 0.318. The van der Waals surface area contributed by atoms with Crippen LogP contribution in [0.25, 0.3) is 10.9 Å². The maximum atomic E-state index is 12.6. The van der Waals surface area contributed by atoms with Gasteiger partial charge in [0.2, 0.25) is 0 Å². The lowest BCUT2D eigenvalue weighted by molar-refractivity contribution is 0.0515. The normalized spacial score (nSPS) is 11.4. The number of carbonyl (C=O) groups excluding carboxylic acids is 2. The van der Waals surface area contributed by atoms with E-state index in [1.165, 1.54) is 0 Å². The molecular weight excluding hydrogens is 420 g/mol.